The van der Waals surface area contributed by atoms with Gasteiger partial charge >= 0.3 is 0 Å². The van der Waals surface area contributed by atoms with Crippen molar-refractivity contribution in [3.63, 3.8) is 0 Å². The average molecular weight is 485 g/mol. The van der Waals surface area contributed by atoms with Crippen molar-refractivity contribution in [1.82, 2.24) is 14.5 Å². The van der Waals surface area contributed by atoms with E-state index in [4.69, 9.17) is 16.3 Å². The van der Waals surface area contributed by atoms with E-state index in [1.54, 1.807) is 18.0 Å². The number of phenolic OH excluding ortho intramolecular Hbond substituents is 1. The van der Waals surface area contributed by atoms with Gasteiger partial charge in [0.15, 0.2) is 0 Å². The zero-order chi connectivity index (χ0) is 24.3. The number of piperazine rings is 1. The molecule has 0 radical (unpaired) electrons. The molecule has 2 aliphatic rings. The van der Waals surface area contributed by atoms with Gasteiger partial charge in [-0.15, -0.1) is 0 Å². The van der Waals surface area contributed by atoms with Gasteiger partial charge in [0.2, 0.25) is 11.7 Å². The second-order valence-electron chi connectivity index (χ2n) is 8.53. The van der Waals surface area contributed by atoms with Crippen LogP contribution in [0.1, 0.15) is 6.92 Å². The molecule has 0 bridgehead atoms. The molecule has 1 saturated heterocycles. The number of aromatic nitrogens is 2. The number of amides is 1. The lowest BCUT2D eigenvalue weighted by molar-refractivity contribution is -0.129. The van der Waals surface area contributed by atoms with Crippen molar-refractivity contribution in [2.45, 2.75) is 19.0 Å². The Labute approximate surface area is 199 Å². The van der Waals surface area contributed by atoms with E-state index in [2.05, 4.69) is 16.5 Å². The van der Waals surface area contributed by atoms with Crippen LogP contribution in [0.25, 0.3) is 22.3 Å². The van der Waals surface area contributed by atoms with Crippen molar-refractivity contribution in [3.05, 3.63) is 58.1 Å². The van der Waals surface area contributed by atoms with E-state index < -0.39 is 11.4 Å². The van der Waals surface area contributed by atoms with Crippen LogP contribution in [0.4, 0.5) is 10.1 Å². The molecule has 1 N–H and O–H groups in total. The first kappa shape index (κ1) is 22.2. The number of nitrogens with zero attached hydrogens (tertiary/aromatic N) is 4. The molecule has 0 spiro atoms. The zero-order valence-electron chi connectivity index (χ0n) is 18.6. The number of anilines is 1. The predicted molar refractivity (Wildman–Crippen MR) is 127 cm³/mol. The van der Waals surface area contributed by atoms with Crippen molar-refractivity contribution >= 4 is 34.2 Å². The van der Waals surface area contributed by atoms with Gasteiger partial charge in [-0.25, -0.2) is 9.37 Å². The molecule has 2 atom stereocenters. The van der Waals surface area contributed by atoms with Gasteiger partial charge in [-0.05, 0) is 31.2 Å². The van der Waals surface area contributed by atoms with Crippen LogP contribution >= 0.6 is 11.6 Å². The summed E-state index contributed by atoms with van der Waals surface area (Å²) in [5.74, 6) is -0.971. The molecule has 0 unspecified atom stereocenters. The van der Waals surface area contributed by atoms with Crippen LogP contribution in [0, 0.1) is 5.82 Å². The third-order valence-corrected chi connectivity index (χ3v) is 6.77. The van der Waals surface area contributed by atoms with Gasteiger partial charge in [-0.2, -0.15) is 0 Å². The highest BCUT2D eigenvalue weighted by Crippen LogP contribution is 2.43. The standard InChI is InChI=1S/C24H22ClFN4O4/c1-4-18(32)29-10-13-11-34-22-21(30(13)9-12(29)2)14-8-15(25)20(27-23(14)28(3)24(22)33)19-16(26)6-5-7-17(19)31/h4-8,12-13,31H,1,9-11H2,2-3H3/t12-,13-/m1/s1. The van der Waals surface area contributed by atoms with Crippen molar-refractivity contribution in [1.29, 1.82) is 0 Å². The summed E-state index contributed by atoms with van der Waals surface area (Å²) in [5, 5.41) is 10.9. The molecule has 1 aromatic carbocycles. The van der Waals surface area contributed by atoms with E-state index in [9.17, 15) is 19.1 Å². The number of halogens is 2. The van der Waals surface area contributed by atoms with E-state index in [0.29, 0.717) is 24.2 Å². The minimum atomic E-state index is -0.683. The summed E-state index contributed by atoms with van der Waals surface area (Å²) < 4.78 is 21.8. The summed E-state index contributed by atoms with van der Waals surface area (Å²) in [6, 6.07) is 5.22. The number of aryl methyl sites for hydroxylation is 1. The Morgan fingerprint density at radius 2 is 2.15 bits per heavy atom. The van der Waals surface area contributed by atoms with Crippen LogP contribution in [0.2, 0.25) is 5.02 Å². The fraction of sp³-hybridized carbons (Fsp3) is 0.292. The maximum absolute atomic E-state index is 14.6. The second kappa shape index (κ2) is 8.02. The van der Waals surface area contributed by atoms with Crippen LogP contribution in [0.5, 0.6) is 11.5 Å². The number of carbonyl (C=O) groups excluding carboxylic acids is 1. The van der Waals surface area contributed by atoms with Crippen LogP contribution in [0.3, 0.4) is 0 Å². The minimum absolute atomic E-state index is 0.0303. The monoisotopic (exact) mass is 484 g/mol. The molecule has 5 rings (SSSR count). The number of hydrogen-bond acceptors (Lipinski definition) is 6. The highest BCUT2D eigenvalue weighted by atomic mass is 35.5. The third-order valence-electron chi connectivity index (χ3n) is 6.48. The number of hydrogen-bond donors (Lipinski definition) is 1. The van der Waals surface area contributed by atoms with Gasteiger partial charge in [-0.1, -0.05) is 24.2 Å². The SMILES string of the molecule is C=CC(=O)N1C[C@@H]2COc3c(c4cc(Cl)c(-c5c(O)cccc5F)nc4n(C)c3=O)N2C[C@H]1C. The molecule has 34 heavy (non-hydrogen) atoms. The summed E-state index contributed by atoms with van der Waals surface area (Å²) >= 11 is 6.55. The Morgan fingerprint density at radius 3 is 2.85 bits per heavy atom. The van der Waals surface area contributed by atoms with E-state index in [0.717, 1.165) is 0 Å². The zero-order valence-corrected chi connectivity index (χ0v) is 19.3. The predicted octanol–water partition coefficient (Wildman–Crippen LogP) is 3.08. The quantitative estimate of drug-likeness (QED) is 0.562. The molecule has 1 fully saturated rings. The molecule has 176 valence electrons. The first-order chi connectivity index (χ1) is 16.2. The fourth-order valence-electron chi connectivity index (χ4n) is 4.78. The van der Waals surface area contributed by atoms with Gasteiger partial charge in [0.25, 0.3) is 5.56 Å². The molecule has 2 aromatic heterocycles. The normalized spacial score (nSPS) is 19.4. The third kappa shape index (κ3) is 3.22. The number of ether oxygens (including phenoxy) is 1. The molecule has 2 aliphatic heterocycles. The molecule has 10 heteroatoms. The van der Waals surface area contributed by atoms with Crippen molar-refractivity contribution in [2.24, 2.45) is 7.05 Å². The molecule has 3 aromatic rings. The van der Waals surface area contributed by atoms with Crippen molar-refractivity contribution in [2.75, 3.05) is 24.6 Å². The number of pyridine rings is 2. The molecule has 0 aliphatic carbocycles. The summed E-state index contributed by atoms with van der Waals surface area (Å²) in [7, 11) is 1.55. The smallest absolute Gasteiger partial charge is 0.296 e. The van der Waals surface area contributed by atoms with Crippen LogP contribution < -0.4 is 15.2 Å². The Balaban J connectivity index is 1.72. The molecule has 0 saturated carbocycles. The molecule has 4 heterocycles. The van der Waals surface area contributed by atoms with E-state index in [-0.39, 0.29) is 58.0 Å². The van der Waals surface area contributed by atoms with Crippen LogP contribution in [0.15, 0.2) is 41.7 Å². The van der Waals surface area contributed by atoms with Crippen LogP contribution in [-0.4, -0.2) is 57.2 Å². The van der Waals surface area contributed by atoms with Gasteiger partial charge in [0.1, 0.15) is 23.8 Å². The highest BCUT2D eigenvalue weighted by molar-refractivity contribution is 6.34. The number of aromatic hydroxyl groups is 1. The number of carbonyl (C=O) groups is 1. The van der Waals surface area contributed by atoms with Gasteiger partial charge in [-0.3, -0.25) is 14.2 Å². The number of benzene rings is 1. The van der Waals surface area contributed by atoms with E-state index in [1.807, 2.05) is 6.92 Å². The topological polar surface area (TPSA) is 87.9 Å². The van der Waals surface area contributed by atoms with Crippen molar-refractivity contribution < 1.29 is 19.0 Å². The maximum atomic E-state index is 14.6. The summed E-state index contributed by atoms with van der Waals surface area (Å²) in [4.78, 5) is 33.8. The Morgan fingerprint density at radius 1 is 1.38 bits per heavy atom. The van der Waals surface area contributed by atoms with Crippen molar-refractivity contribution in [3.8, 4) is 22.8 Å². The lowest BCUT2D eigenvalue weighted by Gasteiger charge is -2.48. The van der Waals surface area contributed by atoms with E-state index >= 15 is 0 Å². The molecular formula is C24H22ClFN4O4. The van der Waals surface area contributed by atoms with Gasteiger partial charge in [0.05, 0.1) is 28.0 Å². The highest BCUT2D eigenvalue weighted by Gasteiger charge is 2.40. The second-order valence-corrected chi connectivity index (χ2v) is 8.93. The Bertz CT molecular complexity index is 1400. The summed E-state index contributed by atoms with van der Waals surface area (Å²) in [6.45, 7) is 6.63. The fourth-order valence-corrected chi connectivity index (χ4v) is 5.02. The summed E-state index contributed by atoms with van der Waals surface area (Å²) in [6.07, 6.45) is 1.29. The van der Waals surface area contributed by atoms with Gasteiger partial charge in [0, 0.05) is 31.6 Å². The number of fused-ring (bicyclic) bond motifs is 5. The van der Waals surface area contributed by atoms with Gasteiger partial charge < -0.3 is 19.6 Å². The largest absolute Gasteiger partial charge is 0.507 e. The number of phenols is 1. The first-order valence-electron chi connectivity index (χ1n) is 10.8. The van der Waals surface area contributed by atoms with E-state index in [1.165, 1.54) is 28.8 Å². The summed E-state index contributed by atoms with van der Waals surface area (Å²) in [5.41, 5.74) is 0.316. The lowest BCUT2D eigenvalue weighted by Crippen LogP contribution is -2.62. The molecule has 1 amide bonds. The average Bonchev–Trinajstić information content (AvgIpc) is 2.81. The molecule has 8 nitrogen and oxygen atoms in total. The Hall–Kier alpha value is -3.59. The first-order valence-corrected chi connectivity index (χ1v) is 11.1. The lowest BCUT2D eigenvalue weighted by atomic mass is 10.0. The van der Waals surface area contributed by atoms with Crippen LogP contribution in [-0.2, 0) is 11.8 Å². The Kier molecular flexibility index (Phi) is 5.24. The maximum Gasteiger partial charge on any atom is 0.296 e. The minimum Gasteiger partial charge on any atom is -0.507 e. The molecular weight excluding hydrogens is 463 g/mol. The number of rotatable bonds is 2.